The summed E-state index contributed by atoms with van der Waals surface area (Å²) in [6, 6.07) is 18.3. The van der Waals surface area contributed by atoms with Crippen molar-refractivity contribution < 1.29 is 0 Å². The van der Waals surface area contributed by atoms with Gasteiger partial charge in [0.15, 0.2) is 0 Å². The van der Waals surface area contributed by atoms with Crippen LogP contribution in [0.3, 0.4) is 0 Å². The summed E-state index contributed by atoms with van der Waals surface area (Å²) >= 11 is 0. The molecule has 3 aromatic rings. The molecule has 160 valence electrons. The van der Waals surface area contributed by atoms with E-state index in [0.29, 0.717) is 12.2 Å². The largest absolute Gasteiger partial charge is 0.346 e. The van der Waals surface area contributed by atoms with Gasteiger partial charge in [0.05, 0.1) is 29.0 Å². The third-order valence-electron chi connectivity index (χ3n) is 7.24. The number of hydrogen-bond donors (Lipinski definition) is 0. The second kappa shape index (κ2) is 8.03. The molecule has 5 rings (SSSR count). The van der Waals surface area contributed by atoms with Crippen molar-refractivity contribution in [3.63, 3.8) is 0 Å². The molecule has 0 amide bonds. The van der Waals surface area contributed by atoms with Gasteiger partial charge in [0.25, 0.3) is 0 Å². The fraction of sp³-hybridized carbons (Fsp3) is 0.393. The fourth-order valence-corrected chi connectivity index (χ4v) is 5.76. The Hall–Kier alpha value is -2.81. The number of para-hydroxylation sites is 2. The van der Waals surface area contributed by atoms with Crippen molar-refractivity contribution in [2.24, 2.45) is 0 Å². The SMILES string of the molecule is Cc1cc(-c2c(C)cccc2C)ncc1N1c2ccccc2N(C2CCCCC2)[C@H]1C. The lowest BCUT2D eigenvalue weighted by atomic mass is 9.93. The number of aryl methyl sites for hydroxylation is 3. The summed E-state index contributed by atoms with van der Waals surface area (Å²) in [5.74, 6) is 0. The standard InChI is InChI=1S/C28H33N3/c1-19-11-10-12-20(2)28(19)24-17-21(3)27(18-29-24)31-22(4)30(23-13-6-5-7-14-23)25-15-8-9-16-26(25)31/h8-12,15-18,22-23H,5-7,13-14H2,1-4H3/t22-/m1/s1. The van der Waals surface area contributed by atoms with E-state index < -0.39 is 0 Å². The van der Waals surface area contributed by atoms with Crippen LogP contribution in [0.5, 0.6) is 0 Å². The molecule has 0 radical (unpaired) electrons. The van der Waals surface area contributed by atoms with Crippen LogP contribution in [-0.2, 0) is 0 Å². The molecule has 1 aliphatic heterocycles. The van der Waals surface area contributed by atoms with E-state index in [1.165, 1.54) is 71.4 Å². The predicted octanol–water partition coefficient (Wildman–Crippen LogP) is 7.31. The van der Waals surface area contributed by atoms with Crippen molar-refractivity contribution in [2.75, 3.05) is 9.80 Å². The van der Waals surface area contributed by atoms with Crippen LogP contribution in [0.1, 0.15) is 55.7 Å². The van der Waals surface area contributed by atoms with E-state index in [2.05, 4.69) is 92.2 Å². The lowest BCUT2D eigenvalue weighted by molar-refractivity contribution is 0.400. The van der Waals surface area contributed by atoms with Gasteiger partial charge in [-0.3, -0.25) is 4.98 Å². The molecule has 2 heterocycles. The van der Waals surface area contributed by atoms with Gasteiger partial charge < -0.3 is 9.80 Å². The predicted molar refractivity (Wildman–Crippen MR) is 131 cm³/mol. The topological polar surface area (TPSA) is 19.4 Å². The van der Waals surface area contributed by atoms with Gasteiger partial charge in [-0.25, -0.2) is 0 Å². The molecule has 0 bridgehead atoms. The van der Waals surface area contributed by atoms with Crippen molar-refractivity contribution in [1.29, 1.82) is 0 Å². The number of nitrogens with zero attached hydrogens (tertiary/aromatic N) is 3. The highest BCUT2D eigenvalue weighted by Crippen LogP contribution is 2.47. The third kappa shape index (κ3) is 3.40. The first-order valence-corrected chi connectivity index (χ1v) is 11.8. The molecule has 1 aliphatic carbocycles. The Morgan fingerprint density at radius 3 is 2.13 bits per heavy atom. The van der Waals surface area contributed by atoms with E-state index in [9.17, 15) is 0 Å². The molecule has 1 saturated carbocycles. The molecule has 3 nitrogen and oxygen atoms in total. The maximum atomic E-state index is 4.96. The Morgan fingerprint density at radius 2 is 1.45 bits per heavy atom. The van der Waals surface area contributed by atoms with Crippen LogP contribution in [0.15, 0.2) is 54.7 Å². The Labute approximate surface area is 186 Å². The summed E-state index contributed by atoms with van der Waals surface area (Å²) in [6.45, 7) is 8.93. The lowest BCUT2D eigenvalue weighted by Crippen LogP contribution is -2.45. The summed E-state index contributed by atoms with van der Waals surface area (Å²) in [5.41, 5.74) is 10.1. The van der Waals surface area contributed by atoms with Crippen molar-refractivity contribution in [2.45, 2.75) is 72.0 Å². The first kappa shape index (κ1) is 20.1. The molecule has 1 fully saturated rings. The van der Waals surface area contributed by atoms with Gasteiger partial charge in [-0.1, -0.05) is 49.6 Å². The third-order valence-corrected chi connectivity index (χ3v) is 7.24. The molecular weight excluding hydrogens is 378 g/mol. The quantitative estimate of drug-likeness (QED) is 0.450. The minimum absolute atomic E-state index is 0.298. The Bertz CT molecular complexity index is 1080. The van der Waals surface area contributed by atoms with E-state index >= 15 is 0 Å². The second-order valence-electron chi connectivity index (χ2n) is 9.31. The van der Waals surface area contributed by atoms with E-state index in [4.69, 9.17) is 4.98 Å². The molecule has 0 spiro atoms. The average Bonchev–Trinajstić information content (AvgIpc) is 3.06. The van der Waals surface area contributed by atoms with Gasteiger partial charge in [0.2, 0.25) is 0 Å². The number of aromatic nitrogens is 1. The summed E-state index contributed by atoms with van der Waals surface area (Å²) in [7, 11) is 0. The lowest BCUT2D eigenvalue weighted by Gasteiger charge is -2.38. The number of fused-ring (bicyclic) bond motifs is 1. The first-order valence-electron chi connectivity index (χ1n) is 11.8. The van der Waals surface area contributed by atoms with Crippen LogP contribution >= 0.6 is 0 Å². The highest BCUT2D eigenvalue weighted by Gasteiger charge is 2.38. The number of rotatable bonds is 3. The van der Waals surface area contributed by atoms with Gasteiger partial charge >= 0.3 is 0 Å². The molecule has 3 heteroatoms. The van der Waals surface area contributed by atoms with E-state index in [-0.39, 0.29) is 0 Å². The van der Waals surface area contributed by atoms with Gasteiger partial charge in [-0.2, -0.15) is 0 Å². The monoisotopic (exact) mass is 411 g/mol. The minimum atomic E-state index is 0.298. The Morgan fingerprint density at radius 1 is 0.774 bits per heavy atom. The van der Waals surface area contributed by atoms with Crippen LogP contribution in [-0.4, -0.2) is 17.2 Å². The van der Waals surface area contributed by atoms with Crippen LogP contribution < -0.4 is 9.80 Å². The average molecular weight is 412 g/mol. The van der Waals surface area contributed by atoms with Crippen molar-refractivity contribution in [3.05, 3.63) is 71.4 Å². The van der Waals surface area contributed by atoms with Crippen molar-refractivity contribution in [3.8, 4) is 11.3 Å². The zero-order valence-corrected chi connectivity index (χ0v) is 19.2. The number of hydrogen-bond acceptors (Lipinski definition) is 3. The molecule has 2 aromatic carbocycles. The fourth-order valence-electron chi connectivity index (χ4n) is 5.76. The zero-order valence-electron chi connectivity index (χ0n) is 19.2. The van der Waals surface area contributed by atoms with E-state index in [0.717, 1.165) is 5.69 Å². The van der Waals surface area contributed by atoms with Crippen LogP contribution in [0.25, 0.3) is 11.3 Å². The number of pyridine rings is 1. The number of anilines is 3. The Kier molecular flexibility index (Phi) is 5.21. The smallest absolute Gasteiger partial charge is 0.104 e. The highest BCUT2D eigenvalue weighted by molar-refractivity contribution is 5.85. The summed E-state index contributed by atoms with van der Waals surface area (Å²) < 4.78 is 0. The normalized spacial score (nSPS) is 19.0. The van der Waals surface area contributed by atoms with E-state index in [1.54, 1.807) is 0 Å². The molecule has 31 heavy (non-hydrogen) atoms. The molecule has 0 N–H and O–H groups in total. The van der Waals surface area contributed by atoms with Gasteiger partial charge in [0, 0.05) is 11.6 Å². The van der Waals surface area contributed by atoms with Gasteiger partial charge in [-0.15, -0.1) is 0 Å². The van der Waals surface area contributed by atoms with Gasteiger partial charge in [-0.05, 0) is 75.4 Å². The molecule has 1 aromatic heterocycles. The highest BCUT2D eigenvalue weighted by atomic mass is 15.4. The minimum Gasteiger partial charge on any atom is -0.346 e. The van der Waals surface area contributed by atoms with Crippen molar-refractivity contribution >= 4 is 17.1 Å². The number of benzene rings is 2. The Balaban J connectivity index is 1.55. The van der Waals surface area contributed by atoms with Crippen LogP contribution in [0.4, 0.5) is 17.1 Å². The summed E-state index contributed by atoms with van der Waals surface area (Å²) in [4.78, 5) is 10.1. The van der Waals surface area contributed by atoms with Crippen LogP contribution in [0, 0.1) is 20.8 Å². The summed E-state index contributed by atoms with van der Waals surface area (Å²) in [6.07, 6.45) is 9.07. The molecule has 0 unspecified atom stereocenters. The zero-order chi connectivity index (χ0) is 21.5. The van der Waals surface area contributed by atoms with Crippen molar-refractivity contribution in [1.82, 2.24) is 4.98 Å². The maximum Gasteiger partial charge on any atom is 0.104 e. The first-order chi connectivity index (χ1) is 15.1. The van der Waals surface area contributed by atoms with Gasteiger partial charge in [0.1, 0.15) is 6.17 Å². The molecule has 2 aliphatic rings. The maximum absolute atomic E-state index is 4.96. The van der Waals surface area contributed by atoms with E-state index in [1.807, 2.05) is 0 Å². The second-order valence-corrected chi connectivity index (χ2v) is 9.31. The molecule has 0 saturated heterocycles. The molecular formula is C28H33N3. The molecule has 1 atom stereocenters. The van der Waals surface area contributed by atoms with Crippen LogP contribution in [0.2, 0.25) is 0 Å². The summed E-state index contributed by atoms with van der Waals surface area (Å²) in [5, 5.41) is 0.